The zero-order valence-corrected chi connectivity index (χ0v) is 17.2. The molecule has 29 heavy (non-hydrogen) atoms. The van der Waals surface area contributed by atoms with Crippen LogP contribution in [0.1, 0.15) is 54.6 Å². The summed E-state index contributed by atoms with van der Waals surface area (Å²) in [6.45, 7) is 2.99. The van der Waals surface area contributed by atoms with Gasteiger partial charge in [-0.05, 0) is 68.8 Å². The predicted octanol–water partition coefficient (Wildman–Crippen LogP) is 4.97. The third-order valence-corrected chi connectivity index (χ3v) is 6.09. The minimum absolute atomic E-state index is 0.186. The number of hydrogen-bond acceptors (Lipinski definition) is 3. The monoisotopic (exact) mass is 389 g/mol. The molecule has 1 aliphatic rings. The second-order valence-corrected chi connectivity index (χ2v) is 8.44. The predicted molar refractivity (Wildman–Crippen MR) is 120 cm³/mol. The van der Waals surface area contributed by atoms with Gasteiger partial charge in [0.1, 0.15) is 0 Å². The van der Waals surface area contributed by atoms with Gasteiger partial charge >= 0.3 is 0 Å². The molecule has 1 fully saturated rings. The van der Waals surface area contributed by atoms with E-state index in [-0.39, 0.29) is 5.78 Å². The van der Waals surface area contributed by atoms with E-state index in [0.717, 1.165) is 55.1 Å². The number of benzene rings is 2. The van der Waals surface area contributed by atoms with Gasteiger partial charge in [-0.2, -0.15) is 0 Å². The van der Waals surface area contributed by atoms with Crippen molar-refractivity contribution < 1.29 is 4.79 Å². The first-order chi connectivity index (χ1) is 14.1. The van der Waals surface area contributed by atoms with Crippen molar-refractivity contribution in [3.63, 3.8) is 0 Å². The molecule has 0 amide bonds. The van der Waals surface area contributed by atoms with Crippen LogP contribution < -0.4 is 11.1 Å². The zero-order chi connectivity index (χ0) is 20.2. The van der Waals surface area contributed by atoms with E-state index in [4.69, 9.17) is 5.73 Å². The van der Waals surface area contributed by atoms with Crippen LogP contribution in [0.3, 0.4) is 0 Å². The Kier molecular flexibility index (Phi) is 6.12. The average Bonchev–Trinajstić information content (AvgIpc) is 3.16. The number of H-pyrrole nitrogens is 1. The first-order valence-electron chi connectivity index (χ1n) is 10.8. The Balaban J connectivity index is 1.33. The molecular formula is C25H31N3O. The van der Waals surface area contributed by atoms with Gasteiger partial charge in [-0.3, -0.25) is 4.79 Å². The molecule has 2 aromatic carbocycles. The Hall–Kier alpha value is -2.43. The van der Waals surface area contributed by atoms with Gasteiger partial charge in [0, 0.05) is 29.4 Å². The number of rotatable bonds is 7. The summed E-state index contributed by atoms with van der Waals surface area (Å²) in [4.78, 5) is 16.0. The second-order valence-electron chi connectivity index (χ2n) is 8.44. The van der Waals surface area contributed by atoms with Crippen molar-refractivity contribution in [3.8, 4) is 11.1 Å². The Morgan fingerprint density at radius 3 is 2.52 bits per heavy atom. The quantitative estimate of drug-likeness (QED) is 0.395. The van der Waals surface area contributed by atoms with Crippen molar-refractivity contribution in [1.82, 2.24) is 10.3 Å². The van der Waals surface area contributed by atoms with E-state index in [1.165, 1.54) is 11.1 Å². The maximum absolute atomic E-state index is 12.6. The van der Waals surface area contributed by atoms with Gasteiger partial charge in [-0.15, -0.1) is 0 Å². The SMILES string of the molecule is Cc1ccc(-c2ccc3cc(C(=O)CCCNC4CCC(N)CC4)[nH]c3c2)cc1. The van der Waals surface area contributed by atoms with E-state index in [1.54, 1.807) is 0 Å². The van der Waals surface area contributed by atoms with E-state index < -0.39 is 0 Å². The van der Waals surface area contributed by atoms with Crippen LogP contribution in [0.4, 0.5) is 0 Å². The highest BCUT2D eigenvalue weighted by Gasteiger charge is 2.17. The molecule has 4 heteroatoms. The lowest BCUT2D eigenvalue weighted by Crippen LogP contribution is -2.37. The normalized spacial score (nSPS) is 19.5. The van der Waals surface area contributed by atoms with Crippen LogP contribution in [0.25, 0.3) is 22.0 Å². The molecule has 3 aromatic rings. The fraction of sp³-hybridized carbons (Fsp3) is 0.400. The summed E-state index contributed by atoms with van der Waals surface area (Å²) < 4.78 is 0. The number of fused-ring (bicyclic) bond motifs is 1. The first kappa shape index (κ1) is 19.9. The minimum Gasteiger partial charge on any atom is -0.352 e. The topological polar surface area (TPSA) is 70.9 Å². The molecule has 1 aromatic heterocycles. The van der Waals surface area contributed by atoms with E-state index in [2.05, 4.69) is 59.7 Å². The average molecular weight is 390 g/mol. The third kappa shape index (κ3) is 4.95. The number of nitrogens with one attached hydrogen (secondary N) is 2. The van der Waals surface area contributed by atoms with Crippen molar-refractivity contribution >= 4 is 16.7 Å². The largest absolute Gasteiger partial charge is 0.352 e. The standard InChI is InChI=1S/C25H31N3O/c1-17-4-6-18(7-5-17)19-8-9-20-16-24(28-23(20)15-19)25(29)3-2-14-27-22-12-10-21(26)11-13-22/h4-9,15-16,21-22,27-28H,2-3,10-14,26H2,1H3. The summed E-state index contributed by atoms with van der Waals surface area (Å²) in [5.74, 6) is 0.186. The van der Waals surface area contributed by atoms with E-state index >= 15 is 0 Å². The fourth-order valence-corrected chi connectivity index (χ4v) is 4.22. The van der Waals surface area contributed by atoms with Gasteiger partial charge in [-0.25, -0.2) is 0 Å². The van der Waals surface area contributed by atoms with Crippen LogP contribution in [0, 0.1) is 6.92 Å². The molecule has 152 valence electrons. The Morgan fingerprint density at radius 2 is 1.76 bits per heavy atom. The van der Waals surface area contributed by atoms with Crippen LogP contribution in [0.2, 0.25) is 0 Å². The zero-order valence-electron chi connectivity index (χ0n) is 17.2. The third-order valence-electron chi connectivity index (χ3n) is 6.09. The van der Waals surface area contributed by atoms with Crippen molar-refractivity contribution in [2.24, 2.45) is 5.73 Å². The van der Waals surface area contributed by atoms with Crippen LogP contribution in [-0.4, -0.2) is 29.4 Å². The Bertz CT molecular complexity index is 965. The lowest BCUT2D eigenvalue weighted by molar-refractivity contribution is 0.0975. The molecule has 0 saturated heterocycles. The molecule has 4 rings (SSSR count). The van der Waals surface area contributed by atoms with E-state index in [0.29, 0.717) is 24.2 Å². The maximum Gasteiger partial charge on any atom is 0.179 e. The number of nitrogens with two attached hydrogens (primary N) is 1. The van der Waals surface area contributed by atoms with Crippen LogP contribution in [0.5, 0.6) is 0 Å². The fourth-order valence-electron chi connectivity index (χ4n) is 4.22. The molecule has 0 atom stereocenters. The molecule has 1 heterocycles. The van der Waals surface area contributed by atoms with Crippen molar-refractivity contribution in [1.29, 1.82) is 0 Å². The van der Waals surface area contributed by atoms with Gasteiger partial charge in [0.2, 0.25) is 0 Å². The molecule has 4 nitrogen and oxygen atoms in total. The van der Waals surface area contributed by atoms with Gasteiger partial charge in [0.25, 0.3) is 0 Å². The van der Waals surface area contributed by atoms with Gasteiger partial charge in [0.15, 0.2) is 5.78 Å². The lowest BCUT2D eigenvalue weighted by atomic mass is 9.92. The summed E-state index contributed by atoms with van der Waals surface area (Å²) in [7, 11) is 0. The van der Waals surface area contributed by atoms with Gasteiger partial charge in [0.05, 0.1) is 5.69 Å². The molecule has 0 spiro atoms. The van der Waals surface area contributed by atoms with E-state index in [9.17, 15) is 4.79 Å². The molecule has 1 saturated carbocycles. The van der Waals surface area contributed by atoms with Crippen molar-refractivity contribution in [3.05, 3.63) is 59.8 Å². The van der Waals surface area contributed by atoms with Crippen LogP contribution >= 0.6 is 0 Å². The number of aryl methyl sites for hydroxylation is 1. The molecule has 1 aliphatic carbocycles. The highest BCUT2D eigenvalue weighted by molar-refractivity contribution is 6.00. The summed E-state index contributed by atoms with van der Waals surface area (Å²) in [6.07, 6.45) is 5.95. The van der Waals surface area contributed by atoms with Gasteiger partial charge in [-0.1, -0.05) is 42.0 Å². The minimum atomic E-state index is 0.186. The number of hydrogen-bond donors (Lipinski definition) is 3. The second kappa shape index (κ2) is 8.93. The number of carbonyl (C=O) groups excluding carboxylic acids is 1. The number of Topliss-reactive ketones (excluding diaryl/α,β-unsaturated/α-hetero) is 1. The summed E-state index contributed by atoms with van der Waals surface area (Å²) in [5, 5.41) is 4.67. The Labute approximate surface area is 172 Å². The van der Waals surface area contributed by atoms with Crippen molar-refractivity contribution in [2.45, 2.75) is 57.5 Å². The smallest absolute Gasteiger partial charge is 0.179 e. The number of ketones is 1. The van der Waals surface area contributed by atoms with E-state index in [1.807, 2.05) is 6.07 Å². The maximum atomic E-state index is 12.6. The first-order valence-corrected chi connectivity index (χ1v) is 10.8. The molecule has 4 N–H and O–H groups in total. The summed E-state index contributed by atoms with van der Waals surface area (Å²) in [6, 6.07) is 17.8. The lowest BCUT2D eigenvalue weighted by Gasteiger charge is -2.26. The molecule has 0 radical (unpaired) electrons. The Morgan fingerprint density at radius 1 is 1.03 bits per heavy atom. The van der Waals surface area contributed by atoms with Crippen LogP contribution in [0.15, 0.2) is 48.5 Å². The van der Waals surface area contributed by atoms with Crippen LogP contribution in [-0.2, 0) is 0 Å². The van der Waals surface area contributed by atoms with Crippen molar-refractivity contribution in [2.75, 3.05) is 6.54 Å². The molecule has 0 bridgehead atoms. The summed E-state index contributed by atoms with van der Waals surface area (Å²) in [5.41, 5.74) is 11.3. The molecule has 0 aliphatic heterocycles. The number of carbonyl (C=O) groups is 1. The molecule has 0 unspecified atom stereocenters. The highest BCUT2D eigenvalue weighted by Crippen LogP contribution is 2.25. The highest BCUT2D eigenvalue weighted by atomic mass is 16.1. The number of aromatic nitrogens is 1. The number of aromatic amines is 1. The summed E-state index contributed by atoms with van der Waals surface area (Å²) >= 11 is 0. The van der Waals surface area contributed by atoms with Gasteiger partial charge < -0.3 is 16.0 Å². The molecular weight excluding hydrogens is 358 g/mol.